The Labute approximate surface area is 206 Å². The second-order valence-corrected chi connectivity index (χ2v) is 7.65. The number of rotatable bonds is 5. The largest absolute Gasteiger partial charge is 0.459 e. The van der Waals surface area contributed by atoms with Crippen LogP contribution in [0, 0.1) is 0 Å². The fraction of sp³-hybridized carbons (Fsp3) is 0.478. The number of furan rings is 1. The third-order valence-corrected chi connectivity index (χ3v) is 5.68. The molecule has 1 N–H and O–H groups in total. The summed E-state index contributed by atoms with van der Waals surface area (Å²) >= 11 is 0. The van der Waals surface area contributed by atoms with E-state index in [1.54, 1.807) is 12.1 Å². The van der Waals surface area contributed by atoms with Crippen LogP contribution < -0.4 is 10.2 Å². The molecule has 0 bridgehead atoms. The van der Waals surface area contributed by atoms with Gasteiger partial charge in [0.05, 0.1) is 26.0 Å². The average Bonchev–Trinajstić information content (AvgIpc) is 3.37. The summed E-state index contributed by atoms with van der Waals surface area (Å²) in [6, 6.07) is 11.9. The summed E-state index contributed by atoms with van der Waals surface area (Å²) in [6.45, 7) is 9.61. The van der Waals surface area contributed by atoms with Crippen molar-refractivity contribution in [3.63, 3.8) is 0 Å². The zero-order chi connectivity index (χ0) is 21.5. The van der Waals surface area contributed by atoms with Crippen LogP contribution in [-0.2, 0) is 11.3 Å². The van der Waals surface area contributed by atoms with Crippen molar-refractivity contribution in [3.8, 4) is 0 Å². The predicted molar refractivity (Wildman–Crippen MR) is 136 cm³/mol. The van der Waals surface area contributed by atoms with E-state index in [4.69, 9.17) is 14.1 Å². The zero-order valence-corrected chi connectivity index (χ0v) is 20.9. The molecule has 0 unspecified atom stereocenters. The van der Waals surface area contributed by atoms with Crippen molar-refractivity contribution in [2.75, 3.05) is 63.9 Å². The van der Waals surface area contributed by atoms with Crippen LogP contribution in [0.5, 0.6) is 0 Å². The maximum atomic E-state index is 12.5. The van der Waals surface area contributed by atoms with Gasteiger partial charge in [0.15, 0.2) is 11.7 Å². The Balaban J connectivity index is 0.00000289. The summed E-state index contributed by atoms with van der Waals surface area (Å²) in [4.78, 5) is 23.9. The van der Waals surface area contributed by atoms with Crippen molar-refractivity contribution in [1.82, 2.24) is 15.1 Å². The molecule has 9 heteroatoms. The standard InChI is InChI=1S/C23H31N5O3.HI/c1-2-24-23(28-11-9-27(10-12-28)22(29)21-8-5-15-31-21)25-18-19-6-3-4-7-20(19)26-13-16-30-17-14-26;/h3-8,15H,2,9-14,16-18H2,1H3,(H,24,25);1H. The van der Waals surface area contributed by atoms with Crippen LogP contribution in [0.15, 0.2) is 52.1 Å². The van der Waals surface area contributed by atoms with Crippen LogP contribution in [0.4, 0.5) is 5.69 Å². The first-order chi connectivity index (χ1) is 15.3. The monoisotopic (exact) mass is 553 g/mol. The SMILES string of the molecule is CCNC(=NCc1ccccc1N1CCOCC1)N1CCN(C(=O)c2ccco2)CC1.I. The third-order valence-electron chi connectivity index (χ3n) is 5.68. The minimum atomic E-state index is -0.0500. The number of benzene rings is 1. The van der Waals surface area contributed by atoms with Crippen LogP contribution in [-0.4, -0.2) is 80.7 Å². The van der Waals surface area contributed by atoms with Crippen LogP contribution in [0.25, 0.3) is 0 Å². The number of para-hydroxylation sites is 1. The number of nitrogens with one attached hydrogen (secondary N) is 1. The highest BCUT2D eigenvalue weighted by molar-refractivity contribution is 14.0. The zero-order valence-electron chi connectivity index (χ0n) is 18.5. The van der Waals surface area contributed by atoms with E-state index in [2.05, 4.69) is 46.3 Å². The molecule has 2 aliphatic rings. The number of carbonyl (C=O) groups is 1. The number of piperazine rings is 1. The van der Waals surface area contributed by atoms with Crippen molar-refractivity contribution >= 4 is 41.5 Å². The van der Waals surface area contributed by atoms with E-state index >= 15 is 0 Å². The molecule has 1 amide bonds. The molecule has 0 atom stereocenters. The van der Waals surface area contributed by atoms with E-state index in [0.29, 0.717) is 25.4 Å². The average molecular weight is 553 g/mol. The summed E-state index contributed by atoms with van der Waals surface area (Å²) in [5.74, 6) is 1.24. The third kappa shape index (κ3) is 5.94. The molecule has 3 heterocycles. The Hall–Kier alpha value is -2.27. The van der Waals surface area contributed by atoms with Crippen molar-refractivity contribution in [2.24, 2.45) is 4.99 Å². The molecule has 32 heavy (non-hydrogen) atoms. The number of hydrogen-bond donors (Lipinski definition) is 1. The quantitative estimate of drug-likeness (QED) is 0.349. The first-order valence-electron chi connectivity index (χ1n) is 11.0. The van der Waals surface area contributed by atoms with Gasteiger partial charge < -0.3 is 29.2 Å². The number of carbonyl (C=O) groups excluding carboxylic acids is 1. The van der Waals surface area contributed by atoms with Gasteiger partial charge in [-0.25, -0.2) is 4.99 Å². The molecule has 4 rings (SSSR count). The van der Waals surface area contributed by atoms with Gasteiger partial charge in [-0.3, -0.25) is 4.79 Å². The lowest BCUT2D eigenvalue weighted by Gasteiger charge is -2.36. The number of guanidine groups is 1. The second kappa shape index (κ2) is 12.1. The second-order valence-electron chi connectivity index (χ2n) is 7.65. The van der Waals surface area contributed by atoms with Gasteiger partial charge in [-0.1, -0.05) is 18.2 Å². The Bertz CT molecular complexity index is 876. The van der Waals surface area contributed by atoms with Crippen molar-refractivity contribution in [3.05, 3.63) is 54.0 Å². The highest BCUT2D eigenvalue weighted by atomic mass is 127. The van der Waals surface area contributed by atoms with E-state index in [1.807, 2.05) is 4.90 Å². The molecule has 0 aliphatic carbocycles. The number of ether oxygens (including phenoxy) is 1. The van der Waals surface area contributed by atoms with E-state index in [1.165, 1.54) is 17.5 Å². The fourth-order valence-electron chi connectivity index (χ4n) is 4.02. The van der Waals surface area contributed by atoms with Gasteiger partial charge in [-0.15, -0.1) is 24.0 Å². The smallest absolute Gasteiger partial charge is 0.289 e. The van der Waals surface area contributed by atoms with Crippen molar-refractivity contribution in [2.45, 2.75) is 13.5 Å². The molecule has 0 saturated carbocycles. The van der Waals surface area contributed by atoms with Gasteiger partial charge in [-0.2, -0.15) is 0 Å². The van der Waals surface area contributed by atoms with Crippen LogP contribution in [0.2, 0.25) is 0 Å². The highest BCUT2D eigenvalue weighted by Gasteiger charge is 2.25. The van der Waals surface area contributed by atoms with Gasteiger partial charge in [0, 0.05) is 51.5 Å². The maximum absolute atomic E-state index is 12.5. The van der Waals surface area contributed by atoms with Crippen LogP contribution in [0.3, 0.4) is 0 Å². The maximum Gasteiger partial charge on any atom is 0.289 e. The summed E-state index contributed by atoms with van der Waals surface area (Å²) in [6.07, 6.45) is 1.54. The molecule has 1 aromatic carbocycles. The lowest BCUT2D eigenvalue weighted by molar-refractivity contribution is 0.0657. The summed E-state index contributed by atoms with van der Waals surface area (Å²) in [5, 5.41) is 3.41. The van der Waals surface area contributed by atoms with Gasteiger partial charge in [-0.05, 0) is 30.7 Å². The molecular weight excluding hydrogens is 521 g/mol. The van der Waals surface area contributed by atoms with E-state index in [-0.39, 0.29) is 29.9 Å². The minimum absolute atomic E-state index is 0. The van der Waals surface area contributed by atoms with Gasteiger partial charge in [0.25, 0.3) is 5.91 Å². The lowest BCUT2D eigenvalue weighted by atomic mass is 10.1. The predicted octanol–water partition coefficient (Wildman–Crippen LogP) is 2.66. The fourth-order valence-corrected chi connectivity index (χ4v) is 4.02. The molecule has 2 fully saturated rings. The number of anilines is 1. The number of morpholine rings is 1. The van der Waals surface area contributed by atoms with Crippen LogP contribution in [0.1, 0.15) is 23.0 Å². The van der Waals surface area contributed by atoms with Crippen molar-refractivity contribution in [1.29, 1.82) is 0 Å². The molecule has 1 aromatic heterocycles. The van der Waals surface area contributed by atoms with E-state index in [9.17, 15) is 4.79 Å². The Kier molecular flexibility index (Phi) is 9.22. The van der Waals surface area contributed by atoms with Gasteiger partial charge in [0.1, 0.15) is 0 Å². The first-order valence-corrected chi connectivity index (χ1v) is 11.0. The molecule has 0 spiro atoms. The Morgan fingerprint density at radius 1 is 1.00 bits per heavy atom. The summed E-state index contributed by atoms with van der Waals surface area (Å²) in [7, 11) is 0. The van der Waals surface area contributed by atoms with Gasteiger partial charge >= 0.3 is 0 Å². The van der Waals surface area contributed by atoms with E-state index in [0.717, 1.165) is 51.9 Å². The van der Waals surface area contributed by atoms with Crippen molar-refractivity contribution < 1.29 is 13.9 Å². The highest BCUT2D eigenvalue weighted by Crippen LogP contribution is 2.22. The molecule has 2 aliphatic heterocycles. The molecular formula is C23H32IN5O3. The lowest BCUT2D eigenvalue weighted by Crippen LogP contribution is -2.53. The normalized spacial score (nSPS) is 17.2. The summed E-state index contributed by atoms with van der Waals surface area (Å²) in [5.41, 5.74) is 2.45. The number of amides is 1. The first kappa shape index (κ1) is 24.4. The molecule has 174 valence electrons. The molecule has 0 radical (unpaired) electrons. The molecule has 2 saturated heterocycles. The van der Waals surface area contributed by atoms with Crippen LogP contribution >= 0.6 is 24.0 Å². The Morgan fingerprint density at radius 3 is 2.41 bits per heavy atom. The minimum Gasteiger partial charge on any atom is -0.459 e. The Morgan fingerprint density at radius 2 is 1.72 bits per heavy atom. The van der Waals surface area contributed by atoms with E-state index < -0.39 is 0 Å². The number of aliphatic imine (C=N–C) groups is 1. The topological polar surface area (TPSA) is 73.6 Å². The van der Waals surface area contributed by atoms with Gasteiger partial charge in [0.2, 0.25) is 0 Å². The number of halogens is 1. The molecule has 8 nitrogen and oxygen atoms in total. The summed E-state index contributed by atoms with van der Waals surface area (Å²) < 4.78 is 10.8. The molecule has 2 aromatic rings. The number of nitrogens with zero attached hydrogens (tertiary/aromatic N) is 4. The number of hydrogen-bond acceptors (Lipinski definition) is 5.